The van der Waals surface area contributed by atoms with E-state index in [9.17, 15) is 14.9 Å². The minimum atomic E-state index is -0.667. The molecule has 3 aromatic rings. The summed E-state index contributed by atoms with van der Waals surface area (Å²) in [6.45, 7) is 1.41. The molecule has 1 saturated heterocycles. The van der Waals surface area contributed by atoms with Crippen molar-refractivity contribution in [2.24, 2.45) is 5.73 Å². The first-order chi connectivity index (χ1) is 13.0. The maximum Gasteiger partial charge on any atom is 0.293 e. The highest BCUT2D eigenvalue weighted by Crippen LogP contribution is 2.37. The fourth-order valence-electron chi connectivity index (χ4n) is 3.52. The van der Waals surface area contributed by atoms with Crippen molar-refractivity contribution in [2.75, 3.05) is 18.0 Å². The van der Waals surface area contributed by atoms with E-state index in [0.717, 1.165) is 23.4 Å². The molecule has 4 rings (SSSR count). The lowest BCUT2D eigenvalue weighted by atomic mass is 9.96. The quantitative estimate of drug-likeness (QED) is 0.548. The molecule has 138 valence electrons. The Morgan fingerprint density at radius 2 is 1.96 bits per heavy atom. The van der Waals surface area contributed by atoms with Crippen LogP contribution in [0.15, 0.2) is 42.5 Å². The van der Waals surface area contributed by atoms with Crippen molar-refractivity contribution in [1.29, 1.82) is 0 Å². The number of nitro groups is 1. The molecule has 27 heavy (non-hydrogen) atoms. The number of fused-ring (bicyclic) bond motifs is 1. The van der Waals surface area contributed by atoms with Crippen LogP contribution in [0.4, 0.5) is 11.4 Å². The zero-order valence-corrected chi connectivity index (χ0v) is 15.3. The van der Waals surface area contributed by atoms with Crippen LogP contribution in [-0.2, 0) is 0 Å². The van der Waals surface area contributed by atoms with Crippen molar-refractivity contribution in [3.05, 3.63) is 63.1 Å². The summed E-state index contributed by atoms with van der Waals surface area (Å²) in [5, 5.41) is 12.6. The number of aromatic nitrogens is 1. The first kappa shape index (κ1) is 17.4. The van der Waals surface area contributed by atoms with Crippen molar-refractivity contribution in [3.63, 3.8) is 0 Å². The maximum absolute atomic E-state index is 11.4. The molecule has 1 amide bonds. The normalized spacial score (nSPS) is 15.2. The fraction of sp³-hybridized carbons (Fsp3) is 0.263. The van der Waals surface area contributed by atoms with E-state index in [1.54, 1.807) is 23.5 Å². The Morgan fingerprint density at radius 3 is 2.63 bits per heavy atom. The molecule has 0 unspecified atom stereocenters. The van der Waals surface area contributed by atoms with Gasteiger partial charge >= 0.3 is 0 Å². The van der Waals surface area contributed by atoms with Crippen LogP contribution in [0.2, 0.25) is 0 Å². The van der Waals surface area contributed by atoms with Gasteiger partial charge in [-0.15, -0.1) is 11.3 Å². The van der Waals surface area contributed by atoms with Gasteiger partial charge in [-0.25, -0.2) is 4.98 Å². The van der Waals surface area contributed by atoms with Crippen LogP contribution in [0, 0.1) is 10.1 Å². The van der Waals surface area contributed by atoms with Crippen LogP contribution in [-0.4, -0.2) is 28.9 Å². The Hall–Kier alpha value is -3.00. The summed E-state index contributed by atoms with van der Waals surface area (Å²) in [5.74, 6) is -0.304. The summed E-state index contributed by atoms with van der Waals surface area (Å²) >= 11 is 1.72. The molecule has 2 N–H and O–H groups in total. The molecular weight excluding hydrogens is 364 g/mol. The zero-order valence-electron chi connectivity index (χ0n) is 14.5. The zero-order chi connectivity index (χ0) is 19.0. The monoisotopic (exact) mass is 382 g/mol. The molecule has 2 aromatic carbocycles. The number of hydrogen-bond acceptors (Lipinski definition) is 6. The molecular formula is C19H18N4O3S. The van der Waals surface area contributed by atoms with E-state index in [1.807, 2.05) is 23.1 Å². The number of amides is 1. The largest absolute Gasteiger partial charge is 0.366 e. The third kappa shape index (κ3) is 3.35. The highest BCUT2D eigenvalue weighted by molar-refractivity contribution is 7.18. The van der Waals surface area contributed by atoms with Crippen LogP contribution >= 0.6 is 11.3 Å². The highest BCUT2D eigenvalue weighted by atomic mass is 32.1. The molecule has 1 aliphatic heterocycles. The Morgan fingerprint density at radius 1 is 1.22 bits per heavy atom. The summed E-state index contributed by atoms with van der Waals surface area (Å²) in [5.41, 5.74) is 6.87. The van der Waals surface area contributed by atoms with Gasteiger partial charge in [-0.1, -0.05) is 12.1 Å². The molecule has 0 bridgehead atoms. The van der Waals surface area contributed by atoms with Gasteiger partial charge in [0.05, 0.1) is 20.1 Å². The van der Waals surface area contributed by atoms with Crippen molar-refractivity contribution >= 4 is 38.8 Å². The van der Waals surface area contributed by atoms with E-state index >= 15 is 0 Å². The minimum absolute atomic E-state index is 0.0789. The van der Waals surface area contributed by atoms with E-state index in [0.29, 0.717) is 24.7 Å². The number of primary amides is 1. The Labute approximate surface area is 159 Å². The molecule has 1 fully saturated rings. The van der Waals surface area contributed by atoms with Gasteiger partial charge < -0.3 is 10.6 Å². The van der Waals surface area contributed by atoms with Gasteiger partial charge in [0.25, 0.3) is 5.69 Å². The lowest BCUT2D eigenvalue weighted by molar-refractivity contribution is -0.384. The lowest BCUT2D eigenvalue weighted by Gasteiger charge is -2.32. The van der Waals surface area contributed by atoms with Gasteiger partial charge in [0.1, 0.15) is 5.69 Å². The smallest absolute Gasteiger partial charge is 0.293 e. The van der Waals surface area contributed by atoms with E-state index in [1.165, 1.54) is 10.8 Å². The van der Waals surface area contributed by atoms with Crippen LogP contribution in [0.25, 0.3) is 10.2 Å². The number of para-hydroxylation sites is 1. The van der Waals surface area contributed by atoms with Crippen molar-refractivity contribution < 1.29 is 9.72 Å². The number of anilines is 1. The van der Waals surface area contributed by atoms with Crippen LogP contribution in [0.1, 0.15) is 34.1 Å². The van der Waals surface area contributed by atoms with Gasteiger partial charge in [-0.05, 0) is 37.1 Å². The molecule has 7 nitrogen and oxygen atoms in total. The lowest BCUT2D eigenvalue weighted by Crippen LogP contribution is -2.33. The standard InChI is InChI=1S/C19H18N4O3S/c20-18(24)13-5-6-15(16(11-13)23(25)26)22-9-7-12(8-10-22)19-21-14-3-1-2-4-17(14)27-19/h1-6,11-12H,7-10H2,(H2,20,24). The predicted octanol–water partition coefficient (Wildman–Crippen LogP) is 3.69. The number of thiazole rings is 1. The third-order valence-corrected chi connectivity index (χ3v) is 6.15. The first-order valence-electron chi connectivity index (χ1n) is 8.71. The molecule has 0 radical (unpaired) electrons. The number of hydrogen-bond donors (Lipinski definition) is 1. The summed E-state index contributed by atoms with van der Waals surface area (Å²) < 4.78 is 1.19. The summed E-state index contributed by atoms with van der Waals surface area (Å²) in [4.78, 5) is 29.1. The second-order valence-corrected chi connectivity index (χ2v) is 7.67. The number of piperidine rings is 1. The van der Waals surface area contributed by atoms with Gasteiger partial charge in [0.15, 0.2) is 0 Å². The van der Waals surface area contributed by atoms with Crippen molar-refractivity contribution in [2.45, 2.75) is 18.8 Å². The Kier molecular flexibility index (Phi) is 4.49. The highest BCUT2D eigenvalue weighted by Gasteiger charge is 2.27. The average molecular weight is 382 g/mol. The maximum atomic E-state index is 11.4. The summed E-state index contributed by atoms with van der Waals surface area (Å²) in [7, 11) is 0. The van der Waals surface area contributed by atoms with Crippen LogP contribution in [0.5, 0.6) is 0 Å². The number of nitro benzene ring substituents is 1. The molecule has 0 saturated carbocycles. The summed E-state index contributed by atoms with van der Waals surface area (Å²) in [6, 6.07) is 12.5. The van der Waals surface area contributed by atoms with Gasteiger partial charge in [0.2, 0.25) is 5.91 Å². The number of carbonyl (C=O) groups is 1. The Bertz CT molecular complexity index is 992. The Balaban J connectivity index is 1.53. The van der Waals surface area contributed by atoms with Crippen LogP contribution < -0.4 is 10.6 Å². The average Bonchev–Trinajstić information content (AvgIpc) is 3.12. The number of nitrogens with zero attached hydrogens (tertiary/aromatic N) is 3. The topological polar surface area (TPSA) is 102 Å². The molecule has 1 aliphatic rings. The number of rotatable bonds is 4. The van der Waals surface area contributed by atoms with Crippen LogP contribution in [0.3, 0.4) is 0 Å². The number of carbonyl (C=O) groups excluding carboxylic acids is 1. The second kappa shape index (κ2) is 6.96. The summed E-state index contributed by atoms with van der Waals surface area (Å²) in [6.07, 6.45) is 1.77. The van der Waals surface area contributed by atoms with Gasteiger partial charge in [0, 0.05) is 30.6 Å². The van der Waals surface area contributed by atoms with E-state index in [2.05, 4.69) is 6.07 Å². The molecule has 2 heterocycles. The first-order valence-corrected chi connectivity index (χ1v) is 9.53. The number of benzene rings is 2. The fourth-order valence-corrected chi connectivity index (χ4v) is 4.66. The molecule has 0 spiro atoms. The predicted molar refractivity (Wildman–Crippen MR) is 105 cm³/mol. The van der Waals surface area contributed by atoms with Gasteiger partial charge in [-0.2, -0.15) is 0 Å². The SMILES string of the molecule is NC(=O)c1ccc(N2CCC(c3nc4ccccc4s3)CC2)c([N+](=O)[O-])c1. The molecule has 0 aliphatic carbocycles. The van der Waals surface area contributed by atoms with E-state index in [4.69, 9.17) is 10.7 Å². The number of nitrogens with two attached hydrogens (primary N) is 1. The van der Waals surface area contributed by atoms with Gasteiger partial charge in [-0.3, -0.25) is 14.9 Å². The molecule has 0 atom stereocenters. The molecule has 8 heteroatoms. The third-order valence-electron chi connectivity index (χ3n) is 4.95. The van der Waals surface area contributed by atoms with Crippen molar-refractivity contribution in [3.8, 4) is 0 Å². The van der Waals surface area contributed by atoms with E-state index in [-0.39, 0.29) is 11.3 Å². The van der Waals surface area contributed by atoms with Crippen molar-refractivity contribution in [1.82, 2.24) is 4.98 Å². The second-order valence-electron chi connectivity index (χ2n) is 6.61. The van der Waals surface area contributed by atoms with E-state index < -0.39 is 10.8 Å². The minimum Gasteiger partial charge on any atom is -0.366 e. The molecule has 1 aromatic heterocycles.